The van der Waals surface area contributed by atoms with Gasteiger partial charge in [0.1, 0.15) is 0 Å². The van der Waals surface area contributed by atoms with Gasteiger partial charge in [0.2, 0.25) is 0 Å². The summed E-state index contributed by atoms with van der Waals surface area (Å²) < 4.78 is 105. The third-order valence-electron chi connectivity index (χ3n) is 13.1. The van der Waals surface area contributed by atoms with Gasteiger partial charge in [-0.25, -0.2) is 0 Å². The van der Waals surface area contributed by atoms with E-state index in [0.29, 0.717) is 36.3 Å². The molecule has 6 bridgehead atoms. The van der Waals surface area contributed by atoms with Gasteiger partial charge in [-0.1, -0.05) is 254 Å². The second-order valence-electron chi connectivity index (χ2n) is 18.6. The van der Waals surface area contributed by atoms with Crippen LogP contribution in [0, 0.1) is 0 Å². The lowest BCUT2D eigenvalue weighted by atomic mass is 10.4. The highest BCUT2D eigenvalue weighted by Crippen LogP contribution is 2.42. The summed E-state index contributed by atoms with van der Waals surface area (Å²) >= 11 is 0. The summed E-state index contributed by atoms with van der Waals surface area (Å²) in [5.74, 6) is 0. The van der Waals surface area contributed by atoms with Gasteiger partial charge in [-0.15, -0.1) is 13.2 Å². The molecule has 12 rings (SSSR count). The van der Waals surface area contributed by atoms with Crippen LogP contribution in [0.15, 0.2) is 267 Å². The Bertz CT molecular complexity index is 3290. The maximum Gasteiger partial charge on any atom is 0.515 e. The molecule has 4 aliphatic rings. The molecule has 0 aliphatic carbocycles. The quantitative estimate of drug-likeness (QED) is 0.176. The second-order valence-corrected chi connectivity index (χ2v) is 46.5. The molecule has 386 valence electrons. The lowest BCUT2D eigenvalue weighted by Gasteiger charge is -2.56. The number of hydrogen-bond donors (Lipinski definition) is 0. The van der Waals surface area contributed by atoms with Crippen LogP contribution in [-0.2, 0) is 53.5 Å². The van der Waals surface area contributed by atoms with E-state index >= 15 is 0 Å². The fourth-order valence-corrected chi connectivity index (χ4v) is 56.8. The van der Waals surface area contributed by atoms with Gasteiger partial charge in [0.25, 0.3) is 0 Å². The van der Waals surface area contributed by atoms with Crippen LogP contribution in [0.25, 0.3) is 0 Å². The molecule has 2 radical (unpaired) electrons. The zero-order chi connectivity index (χ0) is 52.7. The van der Waals surface area contributed by atoms with E-state index in [-0.39, 0.29) is 0 Å². The van der Waals surface area contributed by atoms with Crippen molar-refractivity contribution < 1.29 is 53.5 Å². The van der Waals surface area contributed by atoms with Crippen molar-refractivity contribution in [3.8, 4) is 0 Å². The second kappa shape index (κ2) is 21.2. The molecule has 8 atom stereocenters. The molecule has 4 fully saturated rings. The van der Waals surface area contributed by atoms with Gasteiger partial charge >= 0.3 is 88.5 Å². The Kier molecular flexibility index (Phi) is 14.5. The molecule has 8 unspecified atom stereocenters. The van der Waals surface area contributed by atoms with Crippen molar-refractivity contribution in [1.29, 1.82) is 0 Å². The van der Waals surface area contributed by atoms with Gasteiger partial charge in [0, 0.05) is 31.1 Å². The maximum absolute atomic E-state index is 8.38. The smallest absolute Gasteiger partial charge is 0.408 e. The van der Waals surface area contributed by atoms with Gasteiger partial charge in [-0.2, -0.15) is 0 Å². The van der Waals surface area contributed by atoms with E-state index < -0.39 is 88.5 Å². The van der Waals surface area contributed by atoms with Crippen LogP contribution in [0.5, 0.6) is 0 Å². The van der Waals surface area contributed by atoms with Crippen LogP contribution in [0.4, 0.5) is 0 Å². The van der Waals surface area contributed by atoms with Crippen LogP contribution in [-0.4, -0.2) is 88.5 Å². The molecule has 0 saturated carbocycles. The Hall–Kier alpha value is -5.11. The zero-order valence-electron chi connectivity index (χ0n) is 42.0. The fraction of sp³-hybridized carbons (Fsp3) is 0.0370. The summed E-state index contributed by atoms with van der Waals surface area (Å²) in [6, 6.07) is 77.4. The summed E-state index contributed by atoms with van der Waals surface area (Å²) in [5, 5.41) is 4.67. The van der Waals surface area contributed by atoms with E-state index in [0.717, 1.165) is 5.19 Å². The van der Waals surface area contributed by atoms with E-state index in [2.05, 4.69) is 13.2 Å². The average Bonchev–Trinajstić information content (AvgIpc) is 3.62. The highest BCUT2D eigenvalue weighted by atomic mass is 28.6. The molecule has 4 saturated heterocycles. The van der Waals surface area contributed by atoms with Crippen LogP contribution in [0.3, 0.4) is 0 Å². The minimum atomic E-state index is -5.06. The first-order valence-corrected chi connectivity index (χ1v) is 42.8. The van der Waals surface area contributed by atoms with E-state index in [4.69, 9.17) is 53.5 Å². The molecular weight excluding hydrogens is 1140 g/mol. The molecule has 0 spiro atoms. The summed E-state index contributed by atoms with van der Waals surface area (Å²) in [6.45, 7) is 12.8. The molecule has 23 heteroatoms. The number of fused-ring (bicyclic) bond motifs is 6. The number of benzene rings is 8. The molecule has 4 heterocycles. The highest BCUT2D eigenvalue weighted by Gasteiger charge is 2.78. The van der Waals surface area contributed by atoms with Crippen LogP contribution < -0.4 is 41.5 Å². The first-order valence-electron chi connectivity index (χ1n) is 25.0. The van der Waals surface area contributed by atoms with Crippen molar-refractivity contribution in [2.45, 2.75) is 13.1 Å². The third-order valence-corrected chi connectivity index (χ3v) is 51.3. The van der Waals surface area contributed by atoms with E-state index in [1.54, 1.807) is 11.4 Å². The Labute approximate surface area is 460 Å². The molecule has 77 heavy (non-hydrogen) atoms. The molecule has 8 aromatic rings. The topological polar surface area (TPSA) is 120 Å². The van der Waals surface area contributed by atoms with Gasteiger partial charge in [-0.3, -0.25) is 0 Å². The van der Waals surface area contributed by atoms with E-state index in [1.165, 1.54) is 0 Å². The lowest BCUT2D eigenvalue weighted by Crippen LogP contribution is -2.89. The number of hydrogen-bond acceptors (Lipinski definition) is 13. The van der Waals surface area contributed by atoms with Gasteiger partial charge in [-0.05, 0) is 23.5 Å². The summed E-state index contributed by atoms with van der Waals surface area (Å²) in [4.78, 5) is 0. The van der Waals surface area contributed by atoms with Crippen molar-refractivity contribution in [3.05, 3.63) is 267 Å². The first-order chi connectivity index (χ1) is 37.5. The Balaban J connectivity index is 1.34. The van der Waals surface area contributed by atoms with Crippen molar-refractivity contribution >= 4 is 130 Å². The molecule has 0 aromatic heterocycles. The predicted molar refractivity (Wildman–Crippen MR) is 312 cm³/mol. The minimum Gasteiger partial charge on any atom is -0.408 e. The molecule has 0 N–H and O–H groups in total. The summed E-state index contributed by atoms with van der Waals surface area (Å²) in [7, 11) is -43.5. The highest BCUT2D eigenvalue weighted by molar-refractivity contribution is 7.10. The van der Waals surface area contributed by atoms with Crippen LogP contribution in [0.2, 0.25) is 13.1 Å². The SMILES string of the molecule is C=C[Si]1(C)O[Si](c2ccccc2)O[Si]2(c3ccccc3)O[Si]3(c4ccccc4)O[Si](c4ccccc4)O[Si]4(c5ccccc5)O[Si](c5ccccc5)(O1)O[Si](c1ccccc1)(O2)O[Si](c1ccccc1)(O[Si](C)(C=C)O3)O4. The first kappa shape index (κ1) is 52.6. The van der Waals surface area contributed by atoms with Crippen molar-refractivity contribution in [3.63, 3.8) is 0 Å². The Morgan fingerprint density at radius 1 is 0.260 bits per heavy atom. The van der Waals surface area contributed by atoms with Gasteiger partial charge < -0.3 is 53.5 Å². The molecule has 0 amide bonds. The normalized spacial score (nSPS) is 31.8. The van der Waals surface area contributed by atoms with E-state index in [1.807, 2.05) is 256 Å². The lowest BCUT2D eigenvalue weighted by molar-refractivity contribution is 0.0625. The standard InChI is InChI=1S/C54H52O13Si10/c1-5-70(3)55-68(47-31-15-7-16-32-47)56-73(50-37-21-10-22-38-50)62-72(49-35-19-9-20-36-49)57-69(48-33-17-8-18-34-48)58-74(51-39-23-11-24-40-51)63-75(59-70,52-41-25-12-26-42-52)66-77(65-73,54-45-29-14-30-46-54)67-76(64-74,53-43-27-13-28-44-53)61-71(4,6-2)60-72/h5-46H,1-2H2,3-4H3. The van der Waals surface area contributed by atoms with E-state index in [9.17, 15) is 0 Å². The maximum atomic E-state index is 8.38. The molecule has 4 aliphatic heterocycles. The molecular formula is C54H52O13Si10. The monoisotopic (exact) mass is 1190 g/mol. The van der Waals surface area contributed by atoms with Gasteiger partial charge in [0.15, 0.2) is 0 Å². The van der Waals surface area contributed by atoms with Crippen molar-refractivity contribution in [2.24, 2.45) is 0 Å². The van der Waals surface area contributed by atoms with Crippen molar-refractivity contribution in [1.82, 2.24) is 0 Å². The minimum absolute atomic E-state index is 0.509. The fourth-order valence-electron chi connectivity index (χ4n) is 9.34. The molecule has 8 aromatic carbocycles. The van der Waals surface area contributed by atoms with Crippen LogP contribution >= 0.6 is 0 Å². The van der Waals surface area contributed by atoms with Gasteiger partial charge in [0.05, 0.1) is 0 Å². The zero-order valence-corrected chi connectivity index (χ0v) is 52.0. The largest absolute Gasteiger partial charge is 0.515 e. The average molecular weight is 1190 g/mol. The predicted octanol–water partition coefficient (Wildman–Crippen LogP) is 4.72. The van der Waals surface area contributed by atoms with Crippen molar-refractivity contribution in [2.75, 3.05) is 0 Å². The third kappa shape index (κ3) is 10.1. The summed E-state index contributed by atoms with van der Waals surface area (Å²) in [6.07, 6.45) is 0. The molecule has 13 nitrogen and oxygen atoms in total. The Morgan fingerprint density at radius 2 is 0.468 bits per heavy atom. The summed E-state index contributed by atoms with van der Waals surface area (Å²) in [5.41, 5.74) is 3.46. The number of rotatable bonds is 10. The van der Waals surface area contributed by atoms with Crippen LogP contribution in [0.1, 0.15) is 0 Å². The Morgan fingerprint density at radius 3 is 0.779 bits per heavy atom.